The van der Waals surface area contributed by atoms with Crippen molar-refractivity contribution in [1.82, 2.24) is 41.2 Å². The Kier molecular flexibility index (Phi) is 5.89. The normalized spacial score (nSPS) is 16.6. The summed E-state index contributed by atoms with van der Waals surface area (Å²) in [6.07, 6.45) is 12.3. The highest BCUT2D eigenvalue weighted by Gasteiger charge is 2.23. The van der Waals surface area contributed by atoms with E-state index in [9.17, 15) is 4.79 Å². The van der Waals surface area contributed by atoms with E-state index in [0.29, 0.717) is 24.7 Å². The molecule has 5 rings (SSSR count). The Balaban J connectivity index is 1.20. The largest absolute Gasteiger partial charge is 0.290 e. The summed E-state index contributed by atoms with van der Waals surface area (Å²) in [5, 5.41) is 17.6. The maximum atomic E-state index is 12.6. The first-order chi connectivity index (χ1) is 15.8. The Morgan fingerprint density at radius 2 is 1.88 bits per heavy atom. The second-order valence-corrected chi connectivity index (χ2v) is 8.33. The zero-order valence-electron chi connectivity index (χ0n) is 17.8. The van der Waals surface area contributed by atoms with E-state index in [1.165, 1.54) is 32.1 Å². The molecule has 2 N–H and O–H groups in total. The van der Waals surface area contributed by atoms with Gasteiger partial charge in [0.1, 0.15) is 0 Å². The summed E-state index contributed by atoms with van der Waals surface area (Å²) in [5.74, 6) is 1.26. The van der Waals surface area contributed by atoms with Crippen LogP contribution >= 0.6 is 0 Å². The number of benzene rings is 1. The minimum atomic E-state index is 0.123. The average Bonchev–Trinajstić information content (AvgIpc) is 3.53. The predicted octanol–water partition coefficient (Wildman–Crippen LogP) is 3.43. The third-order valence-electron chi connectivity index (χ3n) is 6.08. The van der Waals surface area contributed by atoms with E-state index < -0.39 is 0 Å². The number of hydrogen-bond acceptors (Lipinski definition) is 7. The zero-order chi connectivity index (χ0) is 21.8. The monoisotopic (exact) mass is 430 g/mol. The molecule has 0 atom stereocenters. The first kappa shape index (κ1) is 20.3. The van der Waals surface area contributed by atoms with Gasteiger partial charge in [-0.15, -0.1) is 10.6 Å². The van der Waals surface area contributed by atoms with Crippen molar-refractivity contribution >= 4 is 5.91 Å². The number of carbonyl (C=O) groups is 1. The molecular formula is C23H26N8O. The van der Waals surface area contributed by atoms with Gasteiger partial charge in [-0.25, -0.2) is 10.1 Å². The molecule has 1 amide bonds. The van der Waals surface area contributed by atoms with Gasteiger partial charge in [-0.2, -0.15) is 0 Å². The van der Waals surface area contributed by atoms with Crippen molar-refractivity contribution in [2.75, 3.05) is 0 Å². The lowest BCUT2D eigenvalue weighted by atomic mass is 9.87. The maximum absolute atomic E-state index is 12.6. The fourth-order valence-corrected chi connectivity index (χ4v) is 4.38. The van der Waals surface area contributed by atoms with Crippen LogP contribution in [0.15, 0.2) is 55.0 Å². The number of amides is 1. The minimum Gasteiger partial charge on any atom is -0.290 e. The standard InChI is InChI=1S/C23H26N8O/c32-22(14-17-6-2-1-3-7-17)31-13-12-30(29-31)16-19-11-10-18(15-24-19)20-8-4-5-9-21(20)23-25-27-28-26-23/h4-5,8-13,15,17,29H,1-3,6-7,14,16H2,(H,25,26,27,28). The molecule has 1 saturated carbocycles. The third-order valence-corrected chi connectivity index (χ3v) is 6.08. The van der Waals surface area contributed by atoms with Crippen LogP contribution in [-0.2, 0) is 11.3 Å². The van der Waals surface area contributed by atoms with Crippen LogP contribution in [0, 0.1) is 5.92 Å². The van der Waals surface area contributed by atoms with Gasteiger partial charge in [0.05, 0.1) is 12.2 Å². The Morgan fingerprint density at radius 3 is 2.62 bits per heavy atom. The van der Waals surface area contributed by atoms with E-state index in [1.807, 2.05) is 53.8 Å². The van der Waals surface area contributed by atoms with E-state index in [4.69, 9.17) is 0 Å². The van der Waals surface area contributed by atoms with Crippen molar-refractivity contribution in [3.05, 3.63) is 60.7 Å². The molecule has 0 bridgehead atoms. The maximum Gasteiger partial charge on any atom is 0.242 e. The fourth-order valence-electron chi connectivity index (χ4n) is 4.38. The Bertz CT molecular complexity index is 1070. The van der Waals surface area contributed by atoms with Crippen LogP contribution in [0.5, 0.6) is 0 Å². The Hall–Kier alpha value is -3.59. The lowest BCUT2D eigenvalue weighted by Gasteiger charge is -2.25. The van der Waals surface area contributed by atoms with Crippen LogP contribution in [0.4, 0.5) is 0 Å². The van der Waals surface area contributed by atoms with E-state index >= 15 is 0 Å². The SMILES string of the molecule is O=C(CC1CCCCC1)N1C=CN(Cc2ccc(-c3ccccc3-c3nnn[nH]3)cn2)N1. The summed E-state index contributed by atoms with van der Waals surface area (Å²) in [6, 6.07) is 12.0. The molecule has 1 aliphatic heterocycles. The molecule has 1 fully saturated rings. The Labute approximate surface area is 186 Å². The Morgan fingerprint density at radius 1 is 1.03 bits per heavy atom. The lowest BCUT2D eigenvalue weighted by molar-refractivity contribution is -0.134. The van der Waals surface area contributed by atoms with Crippen molar-refractivity contribution < 1.29 is 4.79 Å². The molecule has 1 aromatic carbocycles. The topological polar surface area (TPSA) is 103 Å². The molecule has 3 heterocycles. The third kappa shape index (κ3) is 4.52. The van der Waals surface area contributed by atoms with E-state index in [0.717, 1.165) is 22.4 Å². The van der Waals surface area contributed by atoms with Gasteiger partial charge in [-0.1, -0.05) is 49.6 Å². The molecular weight excluding hydrogens is 404 g/mol. The van der Waals surface area contributed by atoms with Gasteiger partial charge < -0.3 is 0 Å². The van der Waals surface area contributed by atoms with Gasteiger partial charge in [-0.3, -0.25) is 14.8 Å². The van der Waals surface area contributed by atoms with Gasteiger partial charge in [0.15, 0.2) is 5.82 Å². The van der Waals surface area contributed by atoms with E-state index in [-0.39, 0.29) is 5.91 Å². The van der Waals surface area contributed by atoms with Crippen molar-refractivity contribution in [2.45, 2.75) is 45.1 Å². The van der Waals surface area contributed by atoms with Crippen LogP contribution in [0.25, 0.3) is 22.5 Å². The van der Waals surface area contributed by atoms with Crippen LogP contribution in [0.3, 0.4) is 0 Å². The summed E-state index contributed by atoms with van der Waals surface area (Å²) in [6.45, 7) is 0.553. The number of rotatable bonds is 6. The summed E-state index contributed by atoms with van der Waals surface area (Å²) < 4.78 is 0. The van der Waals surface area contributed by atoms with Crippen molar-refractivity contribution in [1.29, 1.82) is 0 Å². The minimum absolute atomic E-state index is 0.123. The molecule has 1 aliphatic carbocycles. The summed E-state index contributed by atoms with van der Waals surface area (Å²) in [5.41, 5.74) is 6.94. The van der Waals surface area contributed by atoms with Gasteiger partial charge in [0, 0.05) is 36.1 Å². The van der Waals surface area contributed by atoms with Crippen LogP contribution < -0.4 is 5.53 Å². The lowest BCUT2D eigenvalue weighted by Crippen LogP contribution is -2.42. The predicted molar refractivity (Wildman–Crippen MR) is 119 cm³/mol. The first-order valence-electron chi connectivity index (χ1n) is 11.1. The molecule has 9 nitrogen and oxygen atoms in total. The van der Waals surface area contributed by atoms with Crippen molar-refractivity contribution in [3.8, 4) is 22.5 Å². The quantitative estimate of drug-likeness (QED) is 0.617. The smallest absolute Gasteiger partial charge is 0.242 e. The molecule has 2 aliphatic rings. The molecule has 164 valence electrons. The highest BCUT2D eigenvalue weighted by atomic mass is 16.2. The van der Waals surface area contributed by atoms with Crippen molar-refractivity contribution in [2.24, 2.45) is 5.92 Å². The first-order valence-corrected chi connectivity index (χ1v) is 11.1. The highest BCUT2D eigenvalue weighted by Crippen LogP contribution is 2.29. The second kappa shape index (κ2) is 9.27. The van der Waals surface area contributed by atoms with Crippen molar-refractivity contribution in [3.63, 3.8) is 0 Å². The van der Waals surface area contributed by atoms with E-state index in [2.05, 4.69) is 31.1 Å². The number of H-pyrrole nitrogens is 1. The van der Waals surface area contributed by atoms with Crippen LogP contribution in [0.1, 0.15) is 44.2 Å². The zero-order valence-corrected chi connectivity index (χ0v) is 17.8. The molecule has 9 heteroatoms. The number of nitrogens with one attached hydrogen (secondary N) is 2. The number of tetrazole rings is 1. The number of hydrogen-bond donors (Lipinski definition) is 2. The summed E-state index contributed by atoms with van der Waals surface area (Å²) in [7, 11) is 0. The average molecular weight is 431 g/mol. The van der Waals surface area contributed by atoms with Gasteiger partial charge in [-0.05, 0) is 40.8 Å². The van der Waals surface area contributed by atoms with Gasteiger partial charge >= 0.3 is 0 Å². The molecule has 32 heavy (non-hydrogen) atoms. The molecule has 0 spiro atoms. The number of nitrogens with zero attached hydrogens (tertiary/aromatic N) is 6. The molecule has 0 unspecified atom stereocenters. The fraction of sp³-hybridized carbons (Fsp3) is 0.348. The molecule has 0 saturated heterocycles. The van der Waals surface area contributed by atoms with Crippen LogP contribution in [0.2, 0.25) is 0 Å². The van der Waals surface area contributed by atoms with Gasteiger partial charge in [0.2, 0.25) is 5.91 Å². The molecule has 2 aromatic heterocycles. The number of pyridine rings is 1. The van der Waals surface area contributed by atoms with Gasteiger partial charge in [0.25, 0.3) is 0 Å². The highest BCUT2D eigenvalue weighted by molar-refractivity contribution is 5.80. The number of aromatic nitrogens is 5. The number of hydrazine groups is 2. The van der Waals surface area contributed by atoms with E-state index in [1.54, 1.807) is 11.2 Å². The number of carbonyl (C=O) groups excluding carboxylic acids is 1. The number of aromatic amines is 1. The summed E-state index contributed by atoms with van der Waals surface area (Å²) >= 11 is 0. The second-order valence-electron chi connectivity index (χ2n) is 8.33. The molecule has 3 aromatic rings. The van der Waals surface area contributed by atoms with Crippen LogP contribution in [-0.4, -0.2) is 41.5 Å². The summed E-state index contributed by atoms with van der Waals surface area (Å²) in [4.78, 5) is 17.2. The molecule has 0 radical (unpaired) electrons.